The number of amides is 8. The van der Waals surface area contributed by atoms with Crippen molar-refractivity contribution in [1.82, 2.24) is 76.4 Å². The number of hydrogen-bond acceptors (Lipinski definition) is 28. The minimum atomic E-state index is -1.23. The molecule has 2 heterocycles. The molecule has 0 saturated carbocycles. The second-order valence-electron chi connectivity index (χ2n) is 20.1. The number of rotatable bonds is 37. The summed E-state index contributed by atoms with van der Waals surface area (Å²) in [5, 5.41) is 41.9. The van der Waals surface area contributed by atoms with E-state index in [4.69, 9.17) is 30.6 Å². The molecule has 2 fully saturated rings. The molecule has 0 spiro atoms. The third kappa shape index (κ3) is 33.2. The van der Waals surface area contributed by atoms with Crippen molar-refractivity contribution in [3.8, 4) is 0 Å². The van der Waals surface area contributed by atoms with Crippen LogP contribution in [0, 0.1) is 0 Å². The van der Waals surface area contributed by atoms with E-state index < -0.39 is 71.3 Å². The normalized spacial score (nSPS) is 16.5. The molecule has 2 saturated heterocycles. The van der Waals surface area contributed by atoms with Crippen molar-refractivity contribution in [2.45, 2.75) is 0 Å². The Balaban J connectivity index is 1.62. The fourth-order valence-electron chi connectivity index (χ4n) is 8.82. The number of hydrogen-bond donors (Lipinski definition) is 12. The Hall–Kier alpha value is -7.18. The van der Waals surface area contributed by atoms with Crippen molar-refractivity contribution in [2.24, 2.45) is 5.73 Å². The Bertz CT molecular complexity index is 2440. The zero-order valence-corrected chi connectivity index (χ0v) is 50.2. The molecule has 2 aliphatic heterocycles. The van der Waals surface area contributed by atoms with Gasteiger partial charge in [-0.25, -0.2) is 29.3 Å². The first-order valence-corrected chi connectivity index (χ1v) is 28.3. The lowest BCUT2D eigenvalue weighted by Crippen LogP contribution is -2.51. The molecule has 498 valence electrons. The van der Waals surface area contributed by atoms with Crippen molar-refractivity contribution in [1.29, 1.82) is 0 Å². The summed E-state index contributed by atoms with van der Waals surface area (Å²) in [7, 11) is 3.87. The van der Waals surface area contributed by atoms with Crippen LogP contribution in [0.5, 0.6) is 0 Å². The lowest BCUT2D eigenvalue weighted by molar-refractivity contribution is -0.276. The van der Waals surface area contributed by atoms with Gasteiger partial charge >= 0.3 is 11.9 Å². The van der Waals surface area contributed by atoms with E-state index in [0.717, 1.165) is 0 Å². The van der Waals surface area contributed by atoms with Crippen LogP contribution in [0.1, 0.15) is 0 Å². The topological polar surface area (TPSA) is 461 Å². The van der Waals surface area contributed by atoms with E-state index in [1.807, 2.05) is 24.5 Å². The van der Waals surface area contributed by atoms with Crippen molar-refractivity contribution in [3.05, 3.63) is 20.4 Å². The van der Waals surface area contributed by atoms with Gasteiger partial charge in [0, 0.05) is 131 Å². The summed E-state index contributed by atoms with van der Waals surface area (Å²) in [5.41, 5.74) is 3.99. The molecule has 13 N–H and O–H groups in total. The molecular weight excluding hydrogens is 1170 g/mol. The first kappa shape index (κ1) is 75.1. The molecule has 38 nitrogen and oxygen atoms in total. The molecule has 0 atom stereocenters. The van der Waals surface area contributed by atoms with Gasteiger partial charge in [-0.2, -0.15) is 0 Å². The highest BCUT2D eigenvalue weighted by Crippen LogP contribution is 2.13. The molecular formula is C50H88N18O20. The van der Waals surface area contributed by atoms with Gasteiger partial charge < -0.3 is 63.8 Å². The van der Waals surface area contributed by atoms with Crippen LogP contribution in [0.3, 0.4) is 0 Å². The second-order valence-corrected chi connectivity index (χ2v) is 20.1. The Morgan fingerprint density at radius 1 is 0.352 bits per heavy atom. The standard InChI is InChI=1S/C50H88N18O20/c1-83-86-34-58-42(74)31-66-18-13-62(10-8-61(26-37(51)69)9-11-64(16-20-66)29-40(72)56-24-45(77)78)27-38(70)52-4-6-54-47-48(50(82)49(47)81)55-7-5-53-39(71)28-63-12-15-65(30-41(73)57-25-46(79)80)17-21-68(33-44(76)60-36-88-85-3)23-22-67(19-14-63)32-43(75)59-35-87-84-2/h54-55H,4-36H2,1-3H3,(H2,51,69)(H,52,70)(H,53,71)(H,56,72)(H,57,73)(H,58,74)(H,59,75)(H,60,76)(H,77,78)(H,79,80). The Kier molecular flexibility index (Phi) is 37.1. The largest absolute Gasteiger partial charge is 0.480 e. The van der Waals surface area contributed by atoms with Gasteiger partial charge in [0.2, 0.25) is 47.3 Å². The van der Waals surface area contributed by atoms with Crippen molar-refractivity contribution < 1.29 is 87.5 Å². The molecule has 1 aromatic rings. The highest BCUT2D eigenvalue weighted by Gasteiger charge is 2.26. The maximum atomic E-state index is 13.5. The van der Waals surface area contributed by atoms with Crippen LogP contribution in [0.2, 0.25) is 0 Å². The number of carbonyl (C=O) groups is 10. The zero-order valence-electron chi connectivity index (χ0n) is 50.2. The number of aliphatic carboxylic acids is 2. The molecule has 3 rings (SSSR count). The van der Waals surface area contributed by atoms with E-state index >= 15 is 0 Å². The van der Waals surface area contributed by atoms with Crippen molar-refractivity contribution in [3.63, 3.8) is 0 Å². The quantitative estimate of drug-likeness (QED) is 0.00968. The van der Waals surface area contributed by atoms with Crippen molar-refractivity contribution >= 4 is 70.6 Å². The summed E-state index contributed by atoms with van der Waals surface area (Å²) in [6.07, 6.45) is 0. The van der Waals surface area contributed by atoms with Crippen LogP contribution >= 0.6 is 0 Å². The monoisotopic (exact) mass is 1260 g/mol. The molecule has 8 amide bonds. The van der Waals surface area contributed by atoms with E-state index in [1.54, 1.807) is 14.7 Å². The molecule has 0 bridgehead atoms. The number of carboxylic acid groups (broad SMARTS) is 2. The van der Waals surface area contributed by atoms with E-state index in [-0.39, 0.29) is 214 Å². The summed E-state index contributed by atoms with van der Waals surface area (Å²) in [5.74, 6) is -6.08. The van der Waals surface area contributed by atoms with E-state index in [9.17, 15) is 57.5 Å². The predicted octanol–water partition coefficient (Wildman–Crippen LogP) is -10.4. The number of carboxylic acids is 2. The number of carbonyl (C=O) groups excluding carboxylic acids is 8. The van der Waals surface area contributed by atoms with Crippen LogP contribution in [-0.2, 0) is 77.3 Å². The Labute approximate surface area is 508 Å². The van der Waals surface area contributed by atoms with Gasteiger partial charge in [-0.15, -0.1) is 0 Å². The number of nitrogens with two attached hydrogens (primary N) is 1. The minimum absolute atomic E-state index is 0.00592. The third-order valence-electron chi connectivity index (χ3n) is 13.4. The smallest absolute Gasteiger partial charge is 0.322 e. The van der Waals surface area contributed by atoms with Gasteiger partial charge in [0.25, 0.3) is 10.9 Å². The molecule has 0 aromatic heterocycles. The molecule has 88 heavy (non-hydrogen) atoms. The van der Waals surface area contributed by atoms with Gasteiger partial charge in [-0.1, -0.05) is 0 Å². The summed E-state index contributed by atoms with van der Waals surface area (Å²) < 4.78 is 0. The average molecular weight is 1260 g/mol. The Morgan fingerprint density at radius 3 is 0.784 bits per heavy atom. The van der Waals surface area contributed by atoms with Gasteiger partial charge in [-0.3, -0.25) is 96.7 Å². The highest BCUT2D eigenvalue weighted by atomic mass is 17.2. The summed E-state index contributed by atoms with van der Waals surface area (Å²) in [4.78, 5) is 193. The molecule has 0 unspecified atom stereocenters. The van der Waals surface area contributed by atoms with Crippen LogP contribution in [0.15, 0.2) is 9.59 Å². The average Bonchev–Trinajstić information content (AvgIpc) is 1.61. The summed E-state index contributed by atoms with van der Waals surface area (Å²) in [6.45, 7) is 1.70. The van der Waals surface area contributed by atoms with Crippen molar-refractivity contribution in [2.75, 3.05) is 248 Å². The minimum Gasteiger partial charge on any atom is -0.480 e. The lowest BCUT2D eigenvalue weighted by Gasteiger charge is -2.33. The second kappa shape index (κ2) is 43.5. The maximum Gasteiger partial charge on any atom is 0.322 e. The van der Waals surface area contributed by atoms with Crippen LogP contribution in [-0.4, -0.2) is 346 Å². The Morgan fingerprint density at radius 2 is 0.568 bits per heavy atom. The van der Waals surface area contributed by atoms with Crippen LogP contribution in [0.25, 0.3) is 0 Å². The number of primary amides is 1. The number of nitrogens with one attached hydrogen (secondary N) is 9. The summed E-state index contributed by atoms with van der Waals surface area (Å²) in [6, 6.07) is 0. The third-order valence-corrected chi connectivity index (χ3v) is 13.4. The zero-order chi connectivity index (χ0) is 64.6. The number of nitrogens with zero attached hydrogens (tertiary/aromatic N) is 8. The fraction of sp³-hybridized carbons (Fsp3) is 0.720. The first-order chi connectivity index (χ1) is 42.2. The molecule has 2 aliphatic rings. The van der Waals surface area contributed by atoms with E-state index in [0.29, 0.717) is 13.1 Å². The van der Waals surface area contributed by atoms with E-state index in [1.165, 1.54) is 21.3 Å². The van der Waals surface area contributed by atoms with E-state index in [2.05, 4.69) is 62.5 Å². The van der Waals surface area contributed by atoms with Gasteiger partial charge in [0.1, 0.15) is 24.5 Å². The van der Waals surface area contributed by atoms with Gasteiger partial charge in [0.05, 0.1) is 73.7 Å². The maximum absolute atomic E-state index is 13.5. The lowest BCUT2D eigenvalue weighted by atomic mass is 10.2. The fourth-order valence-corrected chi connectivity index (χ4v) is 8.82. The highest BCUT2D eigenvalue weighted by molar-refractivity contribution is 5.84. The molecule has 0 radical (unpaired) electrons. The molecule has 38 heteroatoms. The first-order valence-electron chi connectivity index (χ1n) is 28.3. The van der Waals surface area contributed by atoms with Gasteiger partial charge in [0.15, 0.2) is 20.2 Å². The predicted molar refractivity (Wildman–Crippen MR) is 310 cm³/mol. The van der Waals surface area contributed by atoms with Crippen LogP contribution in [0.4, 0.5) is 11.4 Å². The molecule has 1 aromatic carbocycles. The number of anilines is 2. The SMILES string of the molecule is COOCNC(=O)CN1CCN(CC(=O)NCCNc2c(NCCNC(=O)CN3CCN(CC(N)=O)CCN(CC(=O)NCC(=O)O)CCN(CC(=O)NCOOC)CC3)c(=O)c2=O)CCN(CC(=O)NCC(=O)O)CCN(CC(=O)NCOOC)CC1. The van der Waals surface area contributed by atoms with Crippen LogP contribution < -0.4 is 64.4 Å². The van der Waals surface area contributed by atoms with Gasteiger partial charge in [-0.05, 0) is 0 Å². The summed E-state index contributed by atoms with van der Waals surface area (Å²) >= 11 is 0. The molecule has 0 aliphatic carbocycles.